The summed E-state index contributed by atoms with van der Waals surface area (Å²) in [5, 5.41) is 5.02. The Morgan fingerprint density at radius 2 is 1.12 bits per heavy atom. The number of aliphatic imine (C=N–C) groups is 3. The van der Waals surface area contributed by atoms with E-state index in [1.54, 1.807) is 0 Å². The Balaban J connectivity index is 1.17. The lowest BCUT2D eigenvalue weighted by molar-refractivity contribution is 1.06. The zero-order valence-electron chi connectivity index (χ0n) is 27.8. The number of hydrogen-bond acceptors (Lipinski definition) is 2. The minimum atomic E-state index is 0.481. The fourth-order valence-electron chi connectivity index (χ4n) is 7.02. The van der Waals surface area contributed by atoms with Gasteiger partial charge < -0.3 is 4.40 Å². The lowest BCUT2D eigenvalue weighted by Crippen LogP contribution is -2.05. The molecule has 2 heterocycles. The molecule has 242 valence electrons. The van der Waals surface area contributed by atoms with E-state index in [-0.39, 0.29) is 0 Å². The van der Waals surface area contributed by atoms with Gasteiger partial charge in [0.1, 0.15) is 0 Å². The molecule has 0 aliphatic rings. The van der Waals surface area contributed by atoms with Gasteiger partial charge in [0.2, 0.25) is 0 Å². The van der Waals surface area contributed by atoms with Gasteiger partial charge in [0.05, 0.1) is 27.8 Å². The highest BCUT2D eigenvalue weighted by atomic mass is 32.1. The molecule has 0 aliphatic heterocycles. The minimum absolute atomic E-state index is 0.481. The second-order valence-electron chi connectivity index (χ2n) is 12.5. The van der Waals surface area contributed by atoms with Crippen LogP contribution in [0, 0.1) is 0 Å². The summed E-state index contributed by atoms with van der Waals surface area (Å²) >= 11 is 1.85. The van der Waals surface area contributed by atoms with Gasteiger partial charge in [-0.15, -0.1) is 11.3 Å². The maximum absolute atomic E-state index is 4.99. The Morgan fingerprint density at radius 1 is 0.529 bits per heavy atom. The normalized spacial score (nSPS) is 12.3. The molecule has 0 N–H and O–H groups in total. The third kappa shape index (κ3) is 5.54. The maximum atomic E-state index is 4.99. The minimum Gasteiger partial charge on any atom is -0.307 e. The van der Waals surface area contributed by atoms with E-state index in [1.165, 1.54) is 58.6 Å². The van der Waals surface area contributed by atoms with Gasteiger partial charge in [-0.25, -0.2) is 9.98 Å². The monoisotopic (exact) mass is 672 g/mol. The first-order chi connectivity index (χ1) is 25.3. The summed E-state index contributed by atoms with van der Waals surface area (Å²) in [6, 6.07) is 59.7. The van der Waals surface area contributed by atoms with Crippen LogP contribution in [-0.4, -0.2) is 22.8 Å². The Hall–Kier alpha value is -6.43. The fourth-order valence-corrected chi connectivity index (χ4v) is 8.24. The van der Waals surface area contributed by atoms with Crippen molar-refractivity contribution in [1.82, 2.24) is 4.40 Å². The van der Waals surface area contributed by atoms with Crippen LogP contribution in [0.1, 0.15) is 16.7 Å². The molecule has 2 aromatic heterocycles. The number of amidine groups is 2. The molecule has 9 rings (SSSR count). The van der Waals surface area contributed by atoms with Gasteiger partial charge in [-0.1, -0.05) is 152 Å². The highest BCUT2D eigenvalue weighted by Crippen LogP contribution is 2.41. The van der Waals surface area contributed by atoms with E-state index in [9.17, 15) is 0 Å². The van der Waals surface area contributed by atoms with Crippen molar-refractivity contribution in [1.29, 1.82) is 0 Å². The van der Waals surface area contributed by atoms with E-state index in [4.69, 9.17) is 9.98 Å². The van der Waals surface area contributed by atoms with E-state index >= 15 is 0 Å². The van der Waals surface area contributed by atoms with Crippen LogP contribution in [0.2, 0.25) is 0 Å². The predicted molar refractivity (Wildman–Crippen MR) is 219 cm³/mol. The van der Waals surface area contributed by atoms with E-state index in [0.717, 1.165) is 16.7 Å². The Morgan fingerprint density at radius 3 is 1.86 bits per heavy atom. The third-order valence-electron chi connectivity index (χ3n) is 9.42. The van der Waals surface area contributed by atoms with Crippen LogP contribution in [0.5, 0.6) is 0 Å². The van der Waals surface area contributed by atoms with Crippen LogP contribution in [0.4, 0.5) is 0 Å². The average molecular weight is 673 g/mol. The third-order valence-corrected chi connectivity index (χ3v) is 10.6. The van der Waals surface area contributed by atoms with E-state index in [2.05, 4.69) is 125 Å². The summed E-state index contributed by atoms with van der Waals surface area (Å²) in [5.74, 6) is 1.17. The summed E-state index contributed by atoms with van der Waals surface area (Å²) in [6.45, 7) is 4.27. The SMILES string of the molecule is C=NC(=NC(=NCc1ccc(-c2cccc3c2sc2ccccc2n2c4ccccc4c4cccc3c42)cc1)c1ccccc1)c1ccccc1. The molecule has 0 fully saturated rings. The predicted octanol–water partition coefficient (Wildman–Crippen LogP) is 11.9. The Kier molecular flexibility index (Phi) is 7.88. The van der Waals surface area contributed by atoms with E-state index in [1.807, 2.05) is 72.0 Å². The molecule has 7 aromatic carbocycles. The first-order valence-electron chi connectivity index (χ1n) is 17.0. The summed E-state index contributed by atoms with van der Waals surface area (Å²) in [5.41, 5.74) is 8.98. The number of benzene rings is 7. The first kappa shape index (κ1) is 30.6. The first-order valence-corrected chi connectivity index (χ1v) is 17.8. The molecule has 0 amide bonds. The highest BCUT2D eigenvalue weighted by molar-refractivity contribution is 7.24. The van der Waals surface area contributed by atoms with Crippen molar-refractivity contribution >= 4 is 77.2 Å². The molecular formula is C46H32N4S. The number of fused-ring (bicyclic) bond motifs is 7. The highest BCUT2D eigenvalue weighted by Gasteiger charge is 2.15. The van der Waals surface area contributed by atoms with Gasteiger partial charge in [0.25, 0.3) is 0 Å². The van der Waals surface area contributed by atoms with Gasteiger partial charge in [0.15, 0.2) is 11.7 Å². The quantitative estimate of drug-likeness (QED) is 0.129. The molecule has 0 saturated heterocycles. The summed E-state index contributed by atoms with van der Waals surface area (Å²) in [4.78, 5) is 14.1. The molecule has 4 nitrogen and oxygen atoms in total. The number of hydrogen-bond donors (Lipinski definition) is 0. The lowest BCUT2D eigenvalue weighted by atomic mass is 10.0. The molecule has 51 heavy (non-hydrogen) atoms. The van der Waals surface area contributed by atoms with Gasteiger partial charge in [0, 0.05) is 37.4 Å². The van der Waals surface area contributed by atoms with Gasteiger partial charge in [-0.3, -0.25) is 4.99 Å². The van der Waals surface area contributed by atoms with Crippen molar-refractivity contribution in [3.8, 4) is 11.1 Å². The molecule has 0 spiro atoms. The van der Waals surface area contributed by atoms with Gasteiger partial charge >= 0.3 is 0 Å². The number of rotatable bonds is 5. The zero-order valence-corrected chi connectivity index (χ0v) is 28.6. The lowest BCUT2D eigenvalue weighted by Gasteiger charge is -2.11. The molecule has 0 saturated carbocycles. The molecule has 5 heteroatoms. The van der Waals surface area contributed by atoms with Gasteiger partial charge in [-0.05, 0) is 41.6 Å². The second-order valence-corrected chi connectivity index (χ2v) is 13.5. The Bertz CT molecular complexity index is 2830. The topological polar surface area (TPSA) is 41.5 Å². The standard InChI is InChI=1S/C46H32N4S/c1-47-45(33-14-4-2-5-15-33)49-46(34-16-6-3-7-17-34)48-30-31-26-28-32(29-27-31)35-19-12-22-39-38-21-13-20-37-36-18-8-9-23-40(36)50(43(37)38)41-24-10-11-25-42(41)51-44(35)39/h2-29H,1,30H2. The van der Waals surface area contributed by atoms with Crippen LogP contribution in [-0.2, 0) is 6.54 Å². The summed E-state index contributed by atoms with van der Waals surface area (Å²) in [6.07, 6.45) is 0. The van der Waals surface area contributed by atoms with Crippen molar-refractivity contribution < 1.29 is 0 Å². The van der Waals surface area contributed by atoms with Crippen molar-refractivity contribution in [2.75, 3.05) is 0 Å². The molecule has 9 aromatic rings. The molecule has 0 radical (unpaired) electrons. The largest absolute Gasteiger partial charge is 0.307 e. The van der Waals surface area contributed by atoms with Crippen molar-refractivity contribution in [2.45, 2.75) is 6.54 Å². The molecule has 0 bridgehead atoms. The van der Waals surface area contributed by atoms with Crippen LogP contribution < -0.4 is 0 Å². The zero-order chi connectivity index (χ0) is 34.1. The number of nitrogens with zero attached hydrogens (tertiary/aromatic N) is 4. The molecule has 0 aliphatic carbocycles. The average Bonchev–Trinajstić information content (AvgIpc) is 3.53. The Labute approximate surface area is 299 Å². The van der Waals surface area contributed by atoms with Crippen molar-refractivity contribution in [3.05, 3.63) is 187 Å². The molecule has 0 unspecified atom stereocenters. The van der Waals surface area contributed by atoms with Crippen LogP contribution in [0.25, 0.3) is 58.6 Å². The van der Waals surface area contributed by atoms with E-state index in [0.29, 0.717) is 18.2 Å². The summed E-state index contributed by atoms with van der Waals surface area (Å²) in [7, 11) is 0. The van der Waals surface area contributed by atoms with Crippen molar-refractivity contribution in [3.63, 3.8) is 0 Å². The van der Waals surface area contributed by atoms with Crippen LogP contribution in [0.15, 0.2) is 185 Å². The van der Waals surface area contributed by atoms with Gasteiger partial charge in [-0.2, -0.15) is 0 Å². The molecule has 0 atom stereocenters. The summed E-state index contributed by atoms with van der Waals surface area (Å²) < 4.78 is 4.94. The van der Waals surface area contributed by atoms with Crippen molar-refractivity contribution in [2.24, 2.45) is 15.0 Å². The number of para-hydroxylation sites is 3. The molecular weight excluding hydrogens is 641 g/mol. The van der Waals surface area contributed by atoms with Crippen LogP contribution >= 0.6 is 11.3 Å². The van der Waals surface area contributed by atoms with E-state index < -0.39 is 0 Å². The fraction of sp³-hybridized carbons (Fsp3) is 0.0217. The second kappa shape index (κ2) is 13.1. The maximum Gasteiger partial charge on any atom is 0.161 e. The number of aromatic nitrogens is 1. The van der Waals surface area contributed by atoms with Crippen LogP contribution in [0.3, 0.4) is 0 Å². The smallest absolute Gasteiger partial charge is 0.161 e.